The summed E-state index contributed by atoms with van der Waals surface area (Å²) in [7, 11) is 0. The molecule has 0 bridgehead atoms. The average Bonchev–Trinajstić information content (AvgIpc) is 2.87. The molecule has 0 aliphatic heterocycles. The van der Waals surface area contributed by atoms with Crippen LogP contribution in [-0.2, 0) is 23.2 Å². The van der Waals surface area contributed by atoms with Crippen LogP contribution in [0.1, 0.15) is 39.5 Å². The minimum atomic E-state index is -0.417. The summed E-state index contributed by atoms with van der Waals surface area (Å²) < 4.78 is 3.65. The molecule has 3 heteroatoms. The van der Waals surface area contributed by atoms with Gasteiger partial charge in [0.25, 0.3) is 0 Å². The monoisotopic (exact) mass is 436 g/mol. The van der Waals surface area contributed by atoms with E-state index in [1.165, 1.54) is 25.7 Å². The van der Waals surface area contributed by atoms with Crippen molar-refractivity contribution in [2.45, 2.75) is 39.5 Å². The molecule has 0 N–H and O–H groups in total. The second-order valence-electron chi connectivity index (χ2n) is 4.05. The molecule has 0 fully saturated rings. The van der Waals surface area contributed by atoms with E-state index in [9.17, 15) is 0 Å². The van der Waals surface area contributed by atoms with Crippen LogP contribution in [0.15, 0.2) is 42.0 Å². The van der Waals surface area contributed by atoms with Gasteiger partial charge in [-0.2, -0.15) is 0 Å². The van der Waals surface area contributed by atoms with Crippen LogP contribution in [-0.4, -0.2) is 0 Å². The van der Waals surface area contributed by atoms with Crippen LogP contribution in [0.3, 0.4) is 0 Å². The third-order valence-corrected chi connectivity index (χ3v) is 7.19. The van der Waals surface area contributed by atoms with Crippen molar-refractivity contribution in [3.05, 3.63) is 42.0 Å². The van der Waals surface area contributed by atoms with E-state index in [0.717, 1.165) is 0 Å². The molecule has 0 atom stereocenters. The van der Waals surface area contributed by atoms with E-state index in [4.69, 9.17) is 0 Å². The SMILES string of the molecule is Br.Br.CCC1=[C]([Zr][C]2=C(CC)C=CC2)CC=C1. The van der Waals surface area contributed by atoms with Gasteiger partial charge >= 0.3 is 105 Å². The molecule has 0 amide bonds. The normalized spacial score (nSPS) is 17.3. The van der Waals surface area contributed by atoms with Crippen molar-refractivity contribution in [2.75, 3.05) is 0 Å². The van der Waals surface area contributed by atoms with Gasteiger partial charge in [-0.25, -0.2) is 0 Å². The number of hydrogen-bond donors (Lipinski definition) is 0. The molecule has 0 nitrogen and oxygen atoms in total. The molecule has 0 unspecified atom stereocenters. The second kappa shape index (κ2) is 8.83. The first kappa shape index (κ1) is 17.8. The Bertz CT molecular complexity index is 340. The Morgan fingerprint density at radius 2 is 1.29 bits per heavy atom. The summed E-state index contributed by atoms with van der Waals surface area (Å²) in [5.41, 5.74) is 3.30. The zero-order valence-electron chi connectivity index (χ0n) is 10.5. The molecule has 0 heterocycles. The maximum absolute atomic E-state index is 2.35. The van der Waals surface area contributed by atoms with E-state index in [2.05, 4.69) is 38.2 Å². The minimum absolute atomic E-state index is 0. The first-order valence-electron chi connectivity index (χ1n) is 5.89. The van der Waals surface area contributed by atoms with E-state index in [-0.39, 0.29) is 34.0 Å². The van der Waals surface area contributed by atoms with Crippen molar-refractivity contribution in [3.8, 4) is 0 Å². The van der Waals surface area contributed by atoms with Crippen LogP contribution < -0.4 is 0 Å². The molecule has 94 valence electrons. The molecule has 0 spiro atoms. The van der Waals surface area contributed by atoms with Gasteiger partial charge in [0.1, 0.15) is 0 Å². The van der Waals surface area contributed by atoms with Gasteiger partial charge in [0.2, 0.25) is 0 Å². The van der Waals surface area contributed by atoms with E-state index in [0.29, 0.717) is 0 Å². The Morgan fingerprint density at radius 1 is 0.882 bits per heavy atom. The first-order chi connectivity index (χ1) is 7.35. The molecule has 2 aliphatic rings. The van der Waals surface area contributed by atoms with Crippen molar-refractivity contribution >= 4 is 34.0 Å². The summed E-state index contributed by atoms with van der Waals surface area (Å²) in [6, 6.07) is 0. The number of hydrogen-bond acceptors (Lipinski definition) is 0. The van der Waals surface area contributed by atoms with E-state index < -0.39 is 23.2 Å². The Labute approximate surface area is 137 Å². The van der Waals surface area contributed by atoms with Crippen molar-refractivity contribution in [3.63, 3.8) is 0 Å². The Balaban J connectivity index is 0.00000128. The third-order valence-electron chi connectivity index (χ3n) is 3.12. The van der Waals surface area contributed by atoms with Gasteiger partial charge in [-0.3, -0.25) is 0 Å². The molecular formula is C14H20Br2Zr. The summed E-state index contributed by atoms with van der Waals surface area (Å²) >= 11 is -0.417. The molecule has 0 saturated heterocycles. The second-order valence-corrected chi connectivity index (χ2v) is 7.63. The fourth-order valence-electron chi connectivity index (χ4n) is 2.21. The van der Waals surface area contributed by atoms with Gasteiger partial charge in [-0.05, 0) is 0 Å². The molecule has 2 aliphatic carbocycles. The summed E-state index contributed by atoms with van der Waals surface area (Å²) in [5, 5.41) is 0. The zero-order chi connectivity index (χ0) is 10.7. The predicted octanol–water partition coefficient (Wildman–Crippen LogP) is 5.47. The Morgan fingerprint density at radius 3 is 1.65 bits per heavy atom. The Kier molecular flexibility index (Phi) is 9.24. The molecule has 0 saturated carbocycles. The van der Waals surface area contributed by atoms with E-state index >= 15 is 0 Å². The van der Waals surface area contributed by atoms with Crippen molar-refractivity contribution in [1.82, 2.24) is 0 Å². The quantitative estimate of drug-likeness (QED) is 0.545. The van der Waals surface area contributed by atoms with Crippen LogP contribution >= 0.6 is 34.0 Å². The predicted molar refractivity (Wildman–Crippen MR) is 82.8 cm³/mol. The number of rotatable bonds is 4. The number of halogens is 2. The first-order valence-corrected chi connectivity index (χ1v) is 8.35. The van der Waals surface area contributed by atoms with Gasteiger partial charge in [0, 0.05) is 0 Å². The zero-order valence-corrected chi connectivity index (χ0v) is 16.3. The van der Waals surface area contributed by atoms with Gasteiger partial charge in [-0.15, -0.1) is 34.0 Å². The summed E-state index contributed by atoms with van der Waals surface area (Å²) in [6.45, 7) is 4.57. The van der Waals surface area contributed by atoms with Gasteiger partial charge in [0.15, 0.2) is 0 Å². The average molecular weight is 439 g/mol. The van der Waals surface area contributed by atoms with Crippen LogP contribution in [0, 0.1) is 0 Å². The molecule has 0 aromatic rings. The molecule has 0 aromatic carbocycles. The van der Waals surface area contributed by atoms with Gasteiger partial charge in [-0.1, -0.05) is 0 Å². The van der Waals surface area contributed by atoms with Crippen LogP contribution in [0.5, 0.6) is 0 Å². The van der Waals surface area contributed by atoms with Crippen molar-refractivity contribution in [2.24, 2.45) is 0 Å². The molecule has 0 radical (unpaired) electrons. The van der Waals surface area contributed by atoms with E-state index in [1.807, 2.05) is 6.56 Å². The standard InChI is InChI=1S/2C7H9.2BrH.Zr/c2*1-2-7-5-3-4-6-7;;;/h2*3,5H,2,4H2,1H3;2*1H;. The summed E-state index contributed by atoms with van der Waals surface area (Å²) in [5.74, 6) is 0. The topological polar surface area (TPSA) is 0 Å². The maximum atomic E-state index is 2.35. The third kappa shape index (κ3) is 4.44. The van der Waals surface area contributed by atoms with Gasteiger partial charge < -0.3 is 0 Å². The molecule has 0 aromatic heterocycles. The number of allylic oxidation sites excluding steroid dienone is 8. The van der Waals surface area contributed by atoms with Crippen molar-refractivity contribution < 1.29 is 23.2 Å². The van der Waals surface area contributed by atoms with Crippen molar-refractivity contribution in [1.29, 1.82) is 0 Å². The molecule has 2 rings (SSSR count). The summed E-state index contributed by atoms with van der Waals surface area (Å²) in [4.78, 5) is 0. The fraction of sp³-hybridized carbons (Fsp3) is 0.429. The Hall–Kier alpha value is 0.803. The van der Waals surface area contributed by atoms with Crippen LogP contribution in [0.2, 0.25) is 0 Å². The fourth-order valence-corrected chi connectivity index (χ4v) is 6.25. The van der Waals surface area contributed by atoms with Gasteiger partial charge in [0.05, 0.1) is 0 Å². The van der Waals surface area contributed by atoms with Crippen LogP contribution in [0.4, 0.5) is 0 Å². The van der Waals surface area contributed by atoms with Crippen LogP contribution in [0.25, 0.3) is 0 Å². The summed E-state index contributed by atoms with van der Waals surface area (Å²) in [6.07, 6.45) is 14.4. The molecular weight excluding hydrogens is 419 g/mol. The van der Waals surface area contributed by atoms with E-state index in [1.54, 1.807) is 11.1 Å². The molecule has 17 heavy (non-hydrogen) atoms.